The van der Waals surface area contributed by atoms with Gasteiger partial charge < -0.3 is 19.3 Å². The molecule has 174 valence electrons. The van der Waals surface area contributed by atoms with E-state index in [1.54, 1.807) is 7.11 Å². The number of aliphatic hydroxyl groups excluding tert-OH is 1. The van der Waals surface area contributed by atoms with Crippen molar-refractivity contribution < 1.29 is 19.3 Å². The van der Waals surface area contributed by atoms with Gasteiger partial charge in [-0.15, -0.1) is 0 Å². The molecule has 4 heteroatoms. The number of aliphatic hydroxyl groups is 1. The van der Waals surface area contributed by atoms with Crippen LogP contribution in [0.3, 0.4) is 0 Å². The number of benzene rings is 2. The third kappa shape index (κ3) is 4.82. The smallest absolute Gasteiger partial charge is 0.191 e. The first-order valence-corrected chi connectivity index (χ1v) is 12.2. The first-order valence-electron chi connectivity index (χ1n) is 12.2. The van der Waals surface area contributed by atoms with E-state index in [2.05, 4.69) is 24.0 Å². The first kappa shape index (κ1) is 22.5. The van der Waals surface area contributed by atoms with Crippen LogP contribution in [0.1, 0.15) is 67.7 Å². The molecular weight excluding hydrogens is 412 g/mol. The summed E-state index contributed by atoms with van der Waals surface area (Å²) >= 11 is 0. The molecule has 0 amide bonds. The SMILES string of the molecule is COC(C)OCOc1ccc(C#Cc2ccc(CO)cc2)cc1C12CC3CC(CC(C3)C1)C2. The fourth-order valence-electron chi connectivity index (χ4n) is 6.69. The van der Waals surface area contributed by atoms with Gasteiger partial charge in [0.25, 0.3) is 0 Å². The molecule has 4 aliphatic rings. The topological polar surface area (TPSA) is 47.9 Å². The van der Waals surface area contributed by atoms with E-state index >= 15 is 0 Å². The normalized spacial score (nSPS) is 28.3. The summed E-state index contributed by atoms with van der Waals surface area (Å²) in [6, 6.07) is 14.2. The molecule has 0 aromatic heterocycles. The Balaban J connectivity index is 1.44. The molecule has 4 bridgehead atoms. The van der Waals surface area contributed by atoms with Gasteiger partial charge in [-0.2, -0.15) is 0 Å². The van der Waals surface area contributed by atoms with Gasteiger partial charge in [-0.3, -0.25) is 0 Å². The lowest BCUT2D eigenvalue weighted by Crippen LogP contribution is -2.48. The van der Waals surface area contributed by atoms with Crippen LogP contribution in [-0.2, 0) is 21.5 Å². The van der Waals surface area contributed by atoms with Gasteiger partial charge in [-0.05, 0) is 105 Å². The van der Waals surface area contributed by atoms with Crippen LogP contribution in [0.15, 0.2) is 42.5 Å². The quantitative estimate of drug-likeness (QED) is 0.457. The lowest BCUT2D eigenvalue weighted by atomic mass is 9.48. The Morgan fingerprint density at radius 3 is 2.15 bits per heavy atom. The standard InChI is InChI=1S/C29H34O4/c1-20(31-2)32-19-33-28-10-9-22(6-3-21-4-7-23(18-30)8-5-21)14-27(28)29-15-24-11-25(16-29)13-26(12-24)17-29/h4-5,7-10,14,20,24-26,30H,11-13,15-19H2,1-2H3. The summed E-state index contributed by atoms with van der Waals surface area (Å²) in [7, 11) is 1.64. The summed E-state index contributed by atoms with van der Waals surface area (Å²) in [6.45, 7) is 2.10. The van der Waals surface area contributed by atoms with Crippen molar-refractivity contribution in [2.24, 2.45) is 17.8 Å². The highest BCUT2D eigenvalue weighted by atomic mass is 16.7. The number of hydrogen-bond donors (Lipinski definition) is 1. The molecule has 33 heavy (non-hydrogen) atoms. The average molecular weight is 447 g/mol. The highest BCUT2D eigenvalue weighted by molar-refractivity contribution is 5.51. The molecule has 4 saturated carbocycles. The number of hydrogen-bond acceptors (Lipinski definition) is 4. The number of ether oxygens (including phenoxy) is 3. The lowest BCUT2D eigenvalue weighted by molar-refractivity contribution is -0.150. The minimum Gasteiger partial charge on any atom is -0.467 e. The van der Waals surface area contributed by atoms with Crippen LogP contribution in [0.25, 0.3) is 0 Å². The second kappa shape index (κ2) is 9.50. The summed E-state index contributed by atoms with van der Waals surface area (Å²) in [6.07, 6.45) is 7.74. The zero-order valence-electron chi connectivity index (χ0n) is 19.7. The van der Waals surface area contributed by atoms with Crippen LogP contribution in [0, 0.1) is 29.6 Å². The maximum atomic E-state index is 9.25. The molecule has 0 radical (unpaired) electrons. The van der Waals surface area contributed by atoms with Gasteiger partial charge in [-0.1, -0.05) is 24.0 Å². The molecule has 6 rings (SSSR count). The summed E-state index contributed by atoms with van der Waals surface area (Å²) < 4.78 is 17.0. The molecular formula is C29H34O4. The highest BCUT2D eigenvalue weighted by Crippen LogP contribution is 2.61. The van der Waals surface area contributed by atoms with Crippen LogP contribution in [0.5, 0.6) is 5.75 Å². The second-order valence-electron chi connectivity index (χ2n) is 10.2. The van der Waals surface area contributed by atoms with Crippen molar-refractivity contribution in [1.29, 1.82) is 0 Å². The zero-order chi connectivity index (χ0) is 22.8. The monoisotopic (exact) mass is 446 g/mol. The number of methoxy groups -OCH3 is 1. The van der Waals surface area contributed by atoms with E-state index < -0.39 is 0 Å². The van der Waals surface area contributed by atoms with E-state index in [4.69, 9.17) is 14.2 Å². The third-order valence-corrected chi connectivity index (χ3v) is 7.93. The summed E-state index contributed by atoms with van der Waals surface area (Å²) in [4.78, 5) is 0. The Hall–Kier alpha value is -2.32. The van der Waals surface area contributed by atoms with E-state index in [0.717, 1.165) is 40.2 Å². The van der Waals surface area contributed by atoms with Crippen molar-refractivity contribution in [3.05, 3.63) is 64.7 Å². The van der Waals surface area contributed by atoms with Crippen molar-refractivity contribution in [1.82, 2.24) is 0 Å². The third-order valence-electron chi connectivity index (χ3n) is 7.93. The Morgan fingerprint density at radius 2 is 1.55 bits per heavy atom. The van der Waals surface area contributed by atoms with Gasteiger partial charge in [0.15, 0.2) is 13.1 Å². The fourth-order valence-corrected chi connectivity index (χ4v) is 6.69. The molecule has 1 atom stereocenters. The molecule has 0 heterocycles. The van der Waals surface area contributed by atoms with Crippen molar-refractivity contribution in [2.75, 3.05) is 13.9 Å². The van der Waals surface area contributed by atoms with Crippen LogP contribution in [0.2, 0.25) is 0 Å². The van der Waals surface area contributed by atoms with Gasteiger partial charge in [0.05, 0.1) is 6.61 Å². The first-order chi connectivity index (χ1) is 16.1. The summed E-state index contributed by atoms with van der Waals surface area (Å²) in [5, 5.41) is 9.25. The predicted octanol–water partition coefficient (Wildman–Crippen LogP) is 5.39. The maximum absolute atomic E-state index is 9.25. The molecule has 0 spiro atoms. The van der Waals surface area contributed by atoms with E-state index in [-0.39, 0.29) is 25.1 Å². The number of rotatable bonds is 7. The van der Waals surface area contributed by atoms with Crippen molar-refractivity contribution >= 4 is 0 Å². The largest absolute Gasteiger partial charge is 0.467 e. The van der Waals surface area contributed by atoms with Gasteiger partial charge in [0, 0.05) is 23.8 Å². The molecule has 2 aromatic rings. The van der Waals surface area contributed by atoms with E-state index in [1.165, 1.54) is 44.1 Å². The Kier molecular flexibility index (Phi) is 6.47. The van der Waals surface area contributed by atoms with E-state index in [0.29, 0.717) is 0 Å². The summed E-state index contributed by atoms with van der Waals surface area (Å²) in [5.41, 5.74) is 4.39. The molecule has 4 fully saturated rings. The van der Waals surface area contributed by atoms with E-state index in [9.17, 15) is 5.11 Å². The molecule has 0 aliphatic heterocycles. The Labute approximate surface area is 197 Å². The molecule has 4 nitrogen and oxygen atoms in total. The predicted molar refractivity (Wildman–Crippen MR) is 128 cm³/mol. The fraction of sp³-hybridized carbons (Fsp3) is 0.517. The van der Waals surface area contributed by atoms with Gasteiger partial charge in [-0.25, -0.2) is 0 Å². The highest BCUT2D eigenvalue weighted by Gasteiger charge is 2.52. The van der Waals surface area contributed by atoms with Crippen molar-refractivity contribution in [3.63, 3.8) is 0 Å². The van der Waals surface area contributed by atoms with Crippen LogP contribution in [0.4, 0.5) is 0 Å². The Bertz CT molecular complexity index is 995. The minimum absolute atomic E-state index is 0.0521. The molecule has 2 aromatic carbocycles. The van der Waals surface area contributed by atoms with Gasteiger partial charge in [0.2, 0.25) is 0 Å². The lowest BCUT2D eigenvalue weighted by Gasteiger charge is -2.57. The molecule has 0 saturated heterocycles. The van der Waals surface area contributed by atoms with Crippen molar-refractivity contribution in [3.8, 4) is 17.6 Å². The average Bonchev–Trinajstić information content (AvgIpc) is 2.82. The van der Waals surface area contributed by atoms with E-state index in [1.807, 2.05) is 37.3 Å². The maximum Gasteiger partial charge on any atom is 0.191 e. The van der Waals surface area contributed by atoms with Crippen molar-refractivity contribution in [2.45, 2.75) is 63.8 Å². The van der Waals surface area contributed by atoms with Gasteiger partial charge >= 0.3 is 0 Å². The van der Waals surface area contributed by atoms with Crippen LogP contribution in [-0.4, -0.2) is 25.3 Å². The second-order valence-corrected chi connectivity index (χ2v) is 10.2. The minimum atomic E-state index is -0.296. The molecule has 4 aliphatic carbocycles. The molecule has 1 N–H and O–H groups in total. The van der Waals surface area contributed by atoms with Crippen LogP contribution >= 0.6 is 0 Å². The molecule has 1 unspecified atom stereocenters. The van der Waals surface area contributed by atoms with Crippen LogP contribution < -0.4 is 4.74 Å². The Morgan fingerprint density at radius 1 is 0.939 bits per heavy atom. The zero-order valence-corrected chi connectivity index (χ0v) is 19.7. The summed E-state index contributed by atoms with van der Waals surface area (Å²) in [5.74, 6) is 10.1. The van der Waals surface area contributed by atoms with Gasteiger partial charge in [0.1, 0.15) is 5.75 Å².